The molecule has 0 atom stereocenters. The van der Waals surface area contributed by atoms with E-state index < -0.39 is 5.41 Å². The van der Waals surface area contributed by atoms with Crippen molar-refractivity contribution in [3.63, 3.8) is 0 Å². The Hall–Kier alpha value is -9.44. The molecule has 4 aromatic heterocycles. The van der Waals surface area contributed by atoms with Gasteiger partial charge in [0, 0.05) is 170 Å². The van der Waals surface area contributed by atoms with E-state index in [4.69, 9.17) is 15.3 Å². The number of benzene rings is 8. The Balaban J connectivity index is 0.000000605. The van der Waals surface area contributed by atoms with E-state index in [1.807, 2.05) is 151 Å². The van der Waals surface area contributed by atoms with E-state index in [1.165, 1.54) is 87.7 Å². The molecular formula is C84H84Ir4N8O8-4. The average Bonchev–Trinajstić information content (AvgIpc) is 0.845. The first-order chi connectivity index (χ1) is 47.5. The summed E-state index contributed by atoms with van der Waals surface area (Å²) in [4.78, 5) is 67.3. The number of aliphatic hydroxyl groups excluding tert-OH is 4. The Morgan fingerprint density at radius 2 is 1.01 bits per heavy atom. The van der Waals surface area contributed by atoms with E-state index >= 15 is 0 Å². The minimum atomic E-state index is -0.417. The Kier molecular flexibility index (Phi) is 41.9. The molecule has 4 N–H and O–H groups in total. The summed E-state index contributed by atoms with van der Waals surface area (Å²) in [6, 6.07) is 67.2. The van der Waals surface area contributed by atoms with Crippen molar-refractivity contribution in [3.05, 3.63) is 290 Å². The molecule has 0 saturated carbocycles. The molecule has 0 amide bonds. The number of carbonyl (C=O) groups is 4. The van der Waals surface area contributed by atoms with E-state index in [2.05, 4.69) is 133 Å². The number of allylic oxidation sites excluding steroid dienone is 8. The van der Waals surface area contributed by atoms with Gasteiger partial charge in [0.05, 0.1) is 40.3 Å². The predicted octanol–water partition coefficient (Wildman–Crippen LogP) is 19.2. The van der Waals surface area contributed by atoms with Crippen LogP contribution in [0.3, 0.4) is 0 Å². The first-order valence-corrected chi connectivity index (χ1v) is 31.8. The van der Waals surface area contributed by atoms with Gasteiger partial charge in [-0.15, -0.1) is 125 Å². The summed E-state index contributed by atoms with van der Waals surface area (Å²) in [6.07, 6.45) is 17.0. The van der Waals surface area contributed by atoms with Gasteiger partial charge in [-0.25, -0.2) is 5.10 Å². The van der Waals surface area contributed by atoms with Gasteiger partial charge in [-0.3, -0.25) is 49.1 Å². The summed E-state index contributed by atoms with van der Waals surface area (Å²) < 4.78 is 0. The van der Waals surface area contributed by atoms with Crippen LogP contribution in [0, 0.1) is 48.9 Å². The fourth-order valence-electron chi connectivity index (χ4n) is 8.60. The summed E-state index contributed by atoms with van der Waals surface area (Å²) in [5, 5.41) is 49.8. The molecule has 12 rings (SSSR count). The Bertz CT molecular complexity index is 4590. The maximum atomic E-state index is 11.5. The molecular weight excluding hydrogens is 2020 g/mol. The summed E-state index contributed by atoms with van der Waals surface area (Å²) >= 11 is 0. The smallest absolute Gasteiger partial charge is 0.164 e. The van der Waals surface area contributed by atoms with Crippen LogP contribution >= 0.6 is 0 Å². The zero-order valence-corrected chi connectivity index (χ0v) is 69.9. The fourth-order valence-corrected chi connectivity index (χ4v) is 8.60. The van der Waals surface area contributed by atoms with Crippen LogP contribution < -0.4 is 0 Å². The van der Waals surface area contributed by atoms with Crippen molar-refractivity contribution in [3.8, 4) is 45.2 Å². The van der Waals surface area contributed by atoms with Crippen LogP contribution in [0.4, 0.5) is 0 Å². The Morgan fingerprint density at radius 1 is 0.442 bits per heavy atom. The molecule has 0 saturated heterocycles. The van der Waals surface area contributed by atoms with Crippen LogP contribution in [-0.4, -0.2) is 83.7 Å². The predicted molar refractivity (Wildman–Crippen MR) is 401 cm³/mol. The van der Waals surface area contributed by atoms with E-state index in [-0.39, 0.29) is 132 Å². The number of aliphatic hydroxyl groups is 4. The van der Waals surface area contributed by atoms with Gasteiger partial charge in [-0.2, -0.15) is 5.10 Å². The number of rotatable bonds is 8. The van der Waals surface area contributed by atoms with Crippen molar-refractivity contribution < 1.29 is 120 Å². The molecule has 16 nitrogen and oxygen atoms in total. The molecule has 0 aliphatic rings. The molecule has 104 heavy (non-hydrogen) atoms. The van der Waals surface area contributed by atoms with Crippen molar-refractivity contribution in [1.29, 1.82) is 0 Å². The van der Waals surface area contributed by atoms with E-state index in [0.29, 0.717) is 0 Å². The molecule has 20 heteroatoms. The van der Waals surface area contributed by atoms with Crippen molar-refractivity contribution >= 4 is 66.5 Å². The summed E-state index contributed by atoms with van der Waals surface area (Å²) in [5.74, 6) is 0.638. The largest absolute Gasteiger partial charge is 0.512 e. The molecule has 0 unspecified atom stereocenters. The number of carbonyl (C=O) groups excluding carboxylic acids is 4. The van der Waals surface area contributed by atoms with Crippen molar-refractivity contribution in [1.82, 2.24) is 40.1 Å². The second kappa shape index (κ2) is 47.0. The minimum absolute atomic E-state index is 0. The van der Waals surface area contributed by atoms with Crippen LogP contribution in [-0.2, 0) is 99.6 Å². The van der Waals surface area contributed by atoms with Gasteiger partial charge in [0.25, 0.3) is 0 Å². The van der Waals surface area contributed by atoms with Crippen molar-refractivity contribution in [2.75, 3.05) is 0 Å². The SMILES string of the molecule is CC(=O)C=C(C)O.CC(=O)C=C(C)O.CC(=O)C=C(C)O.CC(C)(C)C(=O)C=C(O)C(C)(C)C.Cc1c[c-]c(-c2nncc3ccc(C)cc23)cc1.[Ir].[Ir].[Ir].[Ir].[c-]1c(-c2cnccn2)ccc2ccccc12.[c-]1ccc2ccccc2c1-c1ncccn1.[c-]1ccccc1-c1cnc2ccccc2n1. The third-order valence-electron chi connectivity index (χ3n) is 13.5. The van der Waals surface area contributed by atoms with E-state index in [1.54, 1.807) is 43.4 Å². The number of aryl methyl sites for hydroxylation is 2. The number of fused-ring (bicyclic) bond motifs is 4. The van der Waals surface area contributed by atoms with Crippen LogP contribution in [0.5, 0.6) is 0 Å². The van der Waals surface area contributed by atoms with Gasteiger partial charge in [0.2, 0.25) is 0 Å². The number of hydrogen-bond donors (Lipinski definition) is 4. The normalized spacial score (nSPS) is 10.8. The third-order valence-corrected chi connectivity index (χ3v) is 13.5. The molecule has 4 radical (unpaired) electrons. The number of nitrogens with zero attached hydrogens (tertiary/aromatic N) is 8. The van der Waals surface area contributed by atoms with Crippen molar-refractivity contribution in [2.45, 2.75) is 96.9 Å². The van der Waals surface area contributed by atoms with Crippen LogP contribution in [0.2, 0.25) is 0 Å². The van der Waals surface area contributed by atoms with Crippen molar-refractivity contribution in [2.24, 2.45) is 10.8 Å². The Morgan fingerprint density at radius 3 is 1.56 bits per heavy atom. The average molecular weight is 2100 g/mol. The molecule has 0 spiro atoms. The first kappa shape index (κ1) is 92.6. The van der Waals surface area contributed by atoms with Gasteiger partial charge >= 0.3 is 0 Å². The molecule has 0 bridgehead atoms. The maximum Gasteiger partial charge on any atom is 0.164 e. The van der Waals surface area contributed by atoms with Gasteiger partial charge in [-0.1, -0.05) is 149 Å². The molecule has 0 fully saturated rings. The van der Waals surface area contributed by atoms with Crippen LogP contribution in [0.25, 0.3) is 88.5 Å². The quantitative estimate of drug-likeness (QED) is 0.0627. The minimum Gasteiger partial charge on any atom is -0.512 e. The van der Waals surface area contributed by atoms with E-state index in [9.17, 15) is 24.3 Å². The summed E-state index contributed by atoms with van der Waals surface area (Å²) in [7, 11) is 0. The number of hydrogen-bond acceptors (Lipinski definition) is 16. The van der Waals surface area contributed by atoms with Gasteiger partial charge in [0.15, 0.2) is 23.1 Å². The van der Waals surface area contributed by atoms with Crippen LogP contribution in [0.1, 0.15) is 94.2 Å². The zero-order valence-electron chi connectivity index (χ0n) is 60.3. The number of ketones is 4. The molecule has 0 aliphatic carbocycles. The first-order valence-electron chi connectivity index (χ1n) is 31.8. The molecule has 12 aromatic rings. The molecule has 8 aromatic carbocycles. The number of para-hydroxylation sites is 2. The standard InChI is InChI=1S/C16H13N2.3C14H9N2.C11H20O2.3C5H8O2.4Ir/c1-11-3-6-13(7-4-11)16-15-9-12(2)5-8-14(15)10-17-18-16;1-2-7-12-11(5-1)6-3-8-13(12)14-15-9-4-10-16-14;1-2-6-11(7-3-1)14-10-15-12-8-4-5-9-13(12)16-14;1-2-4-12-9-13(6-5-11(12)3-1)14-10-15-7-8-16-14;1-10(2,3)8(12)7-9(13)11(4,5)6;3*1-4(6)3-5(2)7;;;;/h3-6,8-10H,1-2H3;1-7,9-10H;1-6,8-10H;1-8,10H;7,12H,1-6H3;3*3,6H,1-2H3;;;;/q4*-1;;;;;;;;. The van der Waals surface area contributed by atoms with Gasteiger partial charge in [-0.05, 0) is 77.4 Å². The van der Waals surface area contributed by atoms with Crippen LogP contribution in [0.15, 0.2) is 255 Å². The molecule has 4 heterocycles. The zero-order chi connectivity index (χ0) is 73.4. The second-order valence-corrected chi connectivity index (χ2v) is 24.7. The van der Waals surface area contributed by atoms with Gasteiger partial charge < -0.3 is 20.4 Å². The second-order valence-electron chi connectivity index (χ2n) is 24.7. The summed E-state index contributed by atoms with van der Waals surface area (Å²) in [6.45, 7) is 23.8. The Labute approximate surface area is 664 Å². The van der Waals surface area contributed by atoms with Gasteiger partial charge in [0.1, 0.15) is 5.76 Å². The fraction of sp³-hybridized carbons (Fsp3) is 0.190. The molecule has 0 aliphatic heterocycles. The maximum absolute atomic E-state index is 11.5. The summed E-state index contributed by atoms with van der Waals surface area (Å²) in [5.41, 5.74) is 10.0. The molecule has 548 valence electrons. The third kappa shape index (κ3) is 33.3. The number of aromatic nitrogens is 8. The monoisotopic (exact) mass is 2100 g/mol. The van der Waals surface area contributed by atoms with E-state index in [0.717, 1.165) is 77.7 Å². The topological polar surface area (TPSA) is 252 Å².